The van der Waals surface area contributed by atoms with Crippen LogP contribution in [0.25, 0.3) is 0 Å². The first-order valence-electron chi connectivity index (χ1n) is 10.2. The molecule has 0 radical (unpaired) electrons. The molecule has 1 unspecified atom stereocenters. The molecule has 1 atom stereocenters. The van der Waals surface area contributed by atoms with Crippen molar-refractivity contribution in [2.75, 3.05) is 25.0 Å². The van der Waals surface area contributed by atoms with Gasteiger partial charge in [0.1, 0.15) is 17.3 Å². The van der Waals surface area contributed by atoms with E-state index in [9.17, 15) is 8.78 Å². The molecule has 2 aromatic rings. The van der Waals surface area contributed by atoms with Crippen LogP contribution >= 0.6 is 0 Å². The summed E-state index contributed by atoms with van der Waals surface area (Å²) in [7, 11) is 3.70. The Kier molecular flexibility index (Phi) is 6.71. The highest BCUT2D eigenvalue weighted by Crippen LogP contribution is 2.26. The SMILES string of the molecule is CCc1nn(C)c(CC)c1CNC(=NC)NC1CCN(c2c(F)cccc2F)C1. The number of hydrogen-bond donors (Lipinski definition) is 2. The number of aliphatic imine (C=N–C) groups is 1. The average Bonchev–Trinajstić information content (AvgIpc) is 3.28. The Morgan fingerprint density at radius 1 is 1.24 bits per heavy atom. The molecule has 1 fully saturated rings. The maximum atomic E-state index is 14.1. The highest BCUT2D eigenvalue weighted by molar-refractivity contribution is 5.80. The lowest BCUT2D eigenvalue weighted by Crippen LogP contribution is -2.44. The standard InChI is InChI=1S/C21H30F2N6/c1-5-18-15(19(6-2)28(4)27-18)12-25-21(24-3)26-14-10-11-29(13-14)20-16(22)8-7-9-17(20)23/h7-9,14H,5-6,10-13H2,1-4H3,(H2,24,25,26). The predicted octanol–water partition coefficient (Wildman–Crippen LogP) is 2.77. The topological polar surface area (TPSA) is 57.5 Å². The molecule has 29 heavy (non-hydrogen) atoms. The summed E-state index contributed by atoms with van der Waals surface area (Å²) in [5, 5.41) is 11.4. The molecule has 2 N–H and O–H groups in total. The fourth-order valence-corrected chi connectivity index (χ4v) is 4.03. The van der Waals surface area contributed by atoms with Gasteiger partial charge in [0.05, 0.1) is 5.69 Å². The van der Waals surface area contributed by atoms with Crippen molar-refractivity contribution in [1.82, 2.24) is 20.4 Å². The maximum absolute atomic E-state index is 14.1. The van der Waals surface area contributed by atoms with Crippen LogP contribution in [0.15, 0.2) is 23.2 Å². The first kappa shape index (κ1) is 21.1. The molecule has 1 aromatic heterocycles. The molecule has 0 bridgehead atoms. The van der Waals surface area contributed by atoms with Crippen LogP contribution in [-0.4, -0.2) is 41.9 Å². The first-order chi connectivity index (χ1) is 14.0. The van der Waals surface area contributed by atoms with Crippen molar-refractivity contribution in [3.05, 3.63) is 46.8 Å². The largest absolute Gasteiger partial charge is 0.365 e. The van der Waals surface area contributed by atoms with Crippen LogP contribution < -0.4 is 15.5 Å². The Balaban J connectivity index is 1.62. The highest BCUT2D eigenvalue weighted by atomic mass is 19.1. The molecule has 6 nitrogen and oxygen atoms in total. The Morgan fingerprint density at radius 3 is 2.59 bits per heavy atom. The molecular weight excluding hydrogens is 374 g/mol. The van der Waals surface area contributed by atoms with E-state index in [1.54, 1.807) is 11.9 Å². The molecule has 1 saturated heterocycles. The average molecular weight is 405 g/mol. The van der Waals surface area contributed by atoms with Crippen molar-refractivity contribution in [3.63, 3.8) is 0 Å². The van der Waals surface area contributed by atoms with Gasteiger partial charge in [0.2, 0.25) is 0 Å². The second-order valence-corrected chi connectivity index (χ2v) is 7.27. The number of halogens is 2. The summed E-state index contributed by atoms with van der Waals surface area (Å²) in [6.45, 7) is 5.98. The number of rotatable bonds is 6. The van der Waals surface area contributed by atoms with Gasteiger partial charge in [-0.25, -0.2) is 8.78 Å². The highest BCUT2D eigenvalue weighted by Gasteiger charge is 2.27. The van der Waals surface area contributed by atoms with E-state index in [1.807, 2.05) is 11.7 Å². The normalized spacial score (nSPS) is 17.1. The molecule has 0 spiro atoms. The fourth-order valence-electron chi connectivity index (χ4n) is 4.03. The van der Waals surface area contributed by atoms with E-state index in [0.717, 1.165) is 25.0 Å². The van der Waals surface area contributed by atoms with Crippen LogP contribution in [0.2, 0.25) is 0 Å². The van der Waals surface area contributed by atoms with Gasteiger partial charge in [-0.1, -0.05) is 19.9 Å². The van der Waals surface area contributed by atoms with Gasteiger partial charge in [-0.3, -0.25) is 9.67 Å². The lowest BCUT2D eigenvalue weighted by molar-refractivity contribution is 0.576. The lowest BCUT2D eigenvalue weighted by atomic mass is 10.1. The second-order valence-electron chi connectivity index (χ2n) is 7.27. The van der Waals surface area contributed by atoms with Gasteiger partial charge in [0.15, 0.2) is 5.96 Å². The molecular formula is C21H30F2N6. The number of anilines is 1. The van der Waals surface area contributed by atoms with E-state index in [1.165, 1.54) is 29.5 Å². The summed E-state index contributed by atoms with van der Waals surface area (Å²) in [6.07, 6.45) is 2.57. The van der Waals surface area contributed by atoms with Gasteiger partial charge < -0.3 is 15.5 Å². The summed E-state index contributed by atoms with van der Waals surface area (Å²) < 4.78 is 30.1. The Bertz CT molecular complexity index is 856. The van der Waals surface area contributed by atoms with Gasteiger partial charge in [-0.15, -0.1) is 0 Å². The van der Waals surface area contributed by atoms with Crippen molar-refractivity contribution in [1.29, 1.82) is 0 Å². The maximum Gasteiger partial charge on any atom is 0.191 e. The van der Waals surface area contributed by atoms with Crippen molar-refractivity contribution >= 4 is 11.6 Å². The zero-order valence-electron chi connectivity index (χ0n) is 17.6. The number of para-hydroxylation sites is 1. The number of aromatic nitrogens is 2. The van der Waals surface area contributed by atoms with Gasteiger partial charge in [-0.2, -0.15) is 5.10 Å². The summed E-state index contributed by atoms with van der Waals surface area (Å²) in [5.74, 6) is -0.369. The minimum absolute atomic E-state index is 0.0512. The zero-order valence-corrected chi connectivity index (χ0v) is 17.6. The molecule has 8 heteroatoms. The fraction of sp³-hybridized carbons (Fsp3) is 0.524. The van der Waals surface area contributed by atoms with E-state index in [0.29, 0.717) is 25.6 Å². The summed E-state index contributed by atoms with van der Waals surface area (Å²) in [5.41, 5.74) is 3.57. The number of benzene rings is 1. The second kappa shape index (κ2) is 9.24. The minimum Gasteiger partial charge on any atom is -0.365 e. The van der Waals surface area contributed by atoms with Crippen molar-refractivity contribution in [3.8, 4) is 0 Å². The Hall–Kier alpha value is -2.64. The van der Waals surface area contributed by atoms with Crippen molar-refractivity contribution in [2.45, 2.75) is 45.7 Å². The van der Waals surface area contributed by atoms with Crippen LogP contribution in [-0.2, 0) is 26.4 Å². The summed E-state index contributed by atoms with van der Waals surface area (Å²) in [4.78, 5) is 6.07. The number of aryl methyl sites for hydroxylation is 2. The number of nitrogens with zero attached hydrogens (tertiary/aromatic N) is 4. The Morgan fingerprint density at radius 2 is 1.97 bits per heavy atom. The Labute approximate surface area is 171 Å². The van der Waals surface area contributed by atoms with Crippen LogP contribution in [0.5, 0.6) is 0 Å². The third-order valence-corrected chi connectivity index (χ3v) is 5.47. The molecule has 0 amide bonds. The van der Waals surface area contributed by atoms with Crippen LogP contribution in [0, 0.1) is 11.6 Å². The molecule has 158 valence electrons. The summed E-state index contributed by atoms with van der Waals surface area (Å²) in [6, 6.07) is 4.04. The van der Waals surface area contributed by atoms with Gasteiger partial charge in [0.25, 0.3) is 0 Å². The van der Waals surface area contributed by atoms with Crippen LogP contribution in [0.3, 0.4) is 0 Å². The number of hydrogen-bond acceptors (Lipinski definition) is 3. The molecule has 3 rings (SSSR count). The van der Waals surface area contributed by atoms with E-state index in [-0.39, 0.29) is 11.7 Å². The quantitative estimate of drug-likeness (QED) is 0.574. The van der Waals surface area contributed by atoms with E-state index in [4.69, 9.17) is 0 Å². The van der Waals surface area contributed by atoms with Crippen molar-refractivity contribution in [2.24, 2.45) is 12.0 Å². The third kappa shape index (κ3) is 4.52. The third-order valence-electron chi connectivity index (χ3n) is 5.47. The van der Waals surface area contributed by atoms with E-state index >= 15 is 0 Å². The predicted molar refractivity (Wildman–Crippen MR) is 112 cm³/mol. The lowest BCUT2D eigenvalue weighted by Gasteiger charge is -2.21. The van der Waals surface area contributed by atoms with Gasteiger partial charge >= 0.3 is 0 Å². The van der Waals surface area contributed by atoms with E-state index in [2.05, 4.69) is 34.6 Å². The molecule has 0 saturated carbocycles. The minimum atomic E-state index is -0.524. The molecule has 1 aliphatic heterocycles. The molecule has 1 aliphatic rings. The van der Waals surface area contributed by atoms with Gasteiger partial charge in [0, 0.05) is 51.0 Å². The van der Waals surface area contributed by atoms with Crippen LogP contribution in [0.4, 0.5) is 14.5 Å². The van der Waals surface area contributed by atoms with Gasteiger partial charge in [-0.05, 0) is 31.4 Å². The number of nitrogens with one attached hydrogen (secondary N) is 2. The van der Waals surface area contributed by atoms with Crippen molar-refractivity contribution < 1.29 is 8.78 Å². The first-order valence-corrected chi connectivity index (χ1v) is 10.2. The smallest absolute Gasteiger partial charge is 0.191 e. The molecule has 1 aromatic carbocycles. The monoisotopic (exact) mass is 404 g/mol. The zero-order chi connectivity index (χ0) is 21.0. The van der Waals surface area contributed by atoms with Crippen LogP contribution in [0.1, 0.15) is 37.2 Å². The summed E-state index contributed by atoms with van der Waals surface area (Å²) >= 11 is 0. The molecule has 2 heterocycles. The van der Waals surface area contributed by atoms with E-state index < -0.39 is 11.6 Å². The molecule has 0 aliphatic carbocycles. The number of guanidine groups is 1.